The standard InChI is InChI=1S/C13H19N3O3/c1-14(2)7-4-8-15(3)12-5-6-13(16(18)19)11(9-12)10-17/h5-6,9-10H,4,7-8H2,1-3H3. The van der Waals surface area contributed by atoms with E-state index in [0.717, 1.165) is 25.2 Å². The number of aldehydes is 1. The van der Waals surface area contributed by atoms with Crippen LogP contribution in [0.25, 0.3) is 0 Å². The summed E-state index contributed by atoms with van der Waals surface area (Å²) in [5.41, 5.74) is 0.772. The van der Waals surface area contributed by atoms with Gasteiger partial charge in [0.15, 0.2) is 6.29 Å². The second-order valence-corrected chi connectivity index (χ2v) is 4.70. The molecule has 0 aliphatic rings. The summed E-state index contributed by atoms with van der Waals surface area (Å²) in [6.45, 7) is 1.80. The summed E-state index contributed by atoms with van der Waals surface area (Å²) < 4.78 is 0. The van der Waals surface area contributed by atoms with Crippen LogP contribution in [0.1, 0.15) is 16.8 Å². The largest absolute Gasteiger partial charge is 0.375 e. The number of nitrogens with zero attached hydrogens (tertiary/aromatic N) is 3. The van der Waals surface area contributed by atoms with Crippen molar-refractivity contribution in [1.82, 2.24) is 4.90 Å². The highest BCUT2D eigenvalue weighted by Gasteiger charge is 2.14. The number of carbonyl (C=O) groups excluding carboxylic acids is 1. The van der Waals surface area contributed by atoms with E-state index in [4.69, 9.17) is 0 Å². The van der Waals surface area contributed by atoms with E-state index in [0.29, 0.717) is 6.29 Å². The second kappa shape index (κ2) is 6.84. The molecule has 0 aliphatic heterocycles. The number of nitro benzene ring substituents is 1. The Hall–Kier alpha value is -1.95. The number of rotatable bonds is 7. The zero-order valence-electron chi connectivity index (χ0n) is 11.5. The molecule has 0 bridgehead atoms. The van der Waals surface area contributed by atoms with Crippen molar-refractivity contribution in [2.24, 2.45) is 0 Å². The molecule has 0 saturated carbocycles. The molecular weight excluding hydrogens is 246 g/mol. The van der Waals surface area contributed by atoms with Crippen molar-refractivity contribution >= 4 is 17.7 Å². The number of anilines is 1. The minimum absolute atomic E-state index is 0.113. The van der Waals surface area contributed by atoms with Crippen LogP contribution in [-0.2, 0) is 0 Å². The fourth-order valence-electron chi connectivity index (χ4n) is 1.79. The summed E-state index contributed by atoms with van der Waals surface area (Å²) >= 11 is 0. The molecule has 0 unspecified atom stereocenters. The van der Waals surface area contributed by atoms with E-state index in [-0.39, 0.29) is 11.3 Å². The van der Waals surface area contributed by atoms with Gasteiger partial charge in [-0.05, 0) is 39.2 Å². The van der Waals surface area contributed by atoms with E-state index in [9.17, 15) is 14.9 Å². The molecule has 0 aromatic heterocycles. The molecule has 6 nitrogen and oxygen atoms in total. The monoisotopic (exact) mass is 265 g/mol. The summed E-state index contributed by atoms with van der Waals surface area (Å²) in [5, 5.41) is 10.7. The van der Waals surface area contributed by atoms with Crippen LogP contribution in [-0.4, -0.2) is 50.3 Å². The molecule has 1 aromatic rings. The van der Waals surface area contributed by atoms with Crippen molar-refractivity contribution in [2.75, 3.05) is 39.1 Å². The van der Waals surface area contributed by atoms with Crippen LogP contribution < -0.4 is 4.90 Å². The lowest BCUT2D eigenvalue weighted by molar-refractivity contribution is -0.385. The SMILES string of the molecule is CN(C)CCCN(C)c1ccc([N+](=O)[O-])c(C=O)c1. The number of hydrogen-bond donors (Lipinski definition) is 0. The molecule has 0 amide bonds. The van der Waals surface area contributed by atoms with E-state index in [2.05, 4.69) is 4.90 Å². The van der Waals surface area contributed by atoms with Gasteiger partial charge in [0, 0.05) is 25.3 Å². The maximum atomic E-state index is 10.9. The van der Waals surface area contributed by atoms with Crippen molar-refractivity contribution in [3.63, 3.8) is 0 Å². The van der Waals surface area contributed by atoms with Crippen molar-refractivity contribution < 1.29 is 9.72 Å². The van der Waals surface area contributed by atoms with Crippen molar-refractivity contribution in [3.05, 3.63) is 33.9 Å². The van der Waals surface area contributed by atoms with E-state index >= 15 is 0 Å². The third kappa shape index (κ3) is 4.33. The zero-order chi connectivity index (χ0) is 14.4. The van der Waals surface area contributed by atoms with Gasteiger partial charge in [0.2, 0.25) is 0 Å². The fourth-order valence-corrected chi connectivity index (χ4v) is 1.79. The molecule has 6 heteroatoms. The fraction of sp³-hybridized carbons (Fsp3) is 0.462. The van der Waals surface area contributed by atoms with Gasteiger partial charge in [-0.25, -0.2) is 0 Å². The lowest BCUT2D eigenvalue weighted by Crippen LogP contribution is -2.23. The summed E-state index contributed by atoms with van der Waals surface area (Å²) in [4.78, 5) is 25.2. The Morgan fingerprint density at radius 1 is 1.26 bits per heavy atom. The highest BCUT2D eigenvalue weighted by Crippen LogP contribution is 2.23. The third-order valence-corrected chi connectivity index (χ3v) is 2.87. The topological polar surface area (TPSA) is 66.7 Å². The minimum Gasteiger partial charge on any atom is -0.375 e. The minimum atomic E-state index is -0.542. The molecule has 0 saturated heterocycles. The molecule has 0 aliphatic carbocycles. The summed E-state index contributed by atoms with van der Waals surface area (Å²) in [7, 11) is 5.93. The average Bonchev–Trinajstić information content (AvgIpc) is 2.37. The van der Waals surface area contributed by atoms with Crippen LogP contribution >= 0.6 is 0 Å². The van der Waals surface area contributed by atoms with E-state index in [1.54, 1.807) is 12.1 Å². The molecule has 0 N–H and O–H groups in total. The molecule has 0 heterocycles. The molecule has 104 valence electrons. The smallest absolute Gasteiger partial charge is 0.280 e. The number of benzene rings is 1. The van der Waals surface area contributed by atoms with Crippen LogP contribution in [0.15, 0.2) is 18.2 Å². The van der Waals surface area contributed by atoms with Gasteiger partial charge in [-0.3, -0.25) is 14.9 Å². The molecule has 1 aromatic carbocycles. The lowest BCUT2D eigenvalue weighted by atomic mass is 10.1. The van der Waals surface area contributed by atoms with Crippen LogP contribution in [0.2, 0.25) is 0 Å². The quantitative estimate of drug-likeness (QED) is 0.427. The lowest BCUT2D eigenvalue weighted by Gasteiger charge is -2.20. The van der Waals surface area contributed by atoms with Gasteiger partial charge < -0.3 is 9.80 Å². The van der Waals surface area contributed by atoms with Crippen LogP contribution in [0.4, 0.5) is 11.4 Å². The number of hydrogen-bond acceptors (Lipinski definition) is 5. The average molecular weight is 265 g/mol. The van der Waals surface area contributed by atoms with Crippen LogP contribution in [0.3, 0.4) is 0 Å². The first-order chi connectivity index (χ1) is 8.95. The Balaban J connectivity index is 2.78. The van der Waals surface area contributed by atoms with E-state index < -0.39 is 4.92 Å². The van der Waals surface area contributed by atoms with Crippen molar-refractivity contribution in [1.29, 1.82) is 0 Å². The first-order valence-electron chi connectivity index (χ1n) is 6.05. The molecule has 0 radical (unpaired) electrons. The molecule has 0 spiro atoms. The van der Waals surface area contributed by atoms with Crippen molar-refractivity contribution in [3.8, 4) is 0 Å². The second-order valence-electron chi connectivity index (χ2n) is 4.70. The highest BCUT2D eigenvalue weighted by atomic mass is 16.6. The van der Waals surface area contributed by atoms with Gasteiger partial charge in [0.1, 0.15) is 0 Å². The molecule has 19 heavy (non-hydrogen) atoms. The maximum absolute atomic E-state index is 10.9. The predicted octanol–water partition coefficient (Wildman–Crippen LogP) is 1.80. The van der Waals surface area contributed by atoms with Crippen LogP contribution in [0.5, 0.6) is 0 Å². The maximum Gasteiger partial charge on any atom is 0.280 e. The summed E-state index contributed by atoms with van der Waals surface area (Å²) in [6.07, 6.45) is 1.51. The van der Waals surface area contributed by atoms with E-state index in [1.165, 1.54) is 6.07 Å². The Kier molecular flexibility index (Phi) is 5.44. The Labute approximate surface area is 112 Å². The first kappa shape index (κ1) is 15.1. The normalized spacial score (nSPS) is 10.5. The van der Waals surface area contributed by atoms with Gasteiger partial charge >= 0.3 is 0 Å². The summed E-state index contributed by atoms with van der Waals surface area (Å²) in [6, 6.07) is 4.60. The van der Waals surface area contributed by atoms with Gasteiger partial charge in [-0.1, -0.05) is 0 Å². The third-order valence-electron chi connectivity index (χ3n) is 2.87. The van der Waals surface area contributed by atoms with Gasteiger partial charge in [-0.15, -0.1) is 0 Å². The molecule has 0 fully saturated rings. The summed E-state index contributed by atoms with van der Waals surface area (Å²) in [5.74, 6) is 0. The van der Waals surface area contributed by atoms with Gasteiger partial charge in [0.25, 0.3) is 5.69 Å². The molecular formula is C13H19N3O3. The van der Waals surface area contributed by atoms with Crippen molar-refractivity contribution in [2.45, 2.75) is 6.42 Å². The predicted molar refractivity (Wildman–Crippen MR) is 74.9 cm³/mol. The van der Waals surface area contributed by atoms with Crippen LogP contribution in [0, 0.1) is 10.1 Å². The highest BCUT2D eigenvalue weighted by molar-refractivity contribution is 5.83. The van der Waals surface area contributed by atoms with Gasteiger partial charge in [0.05, 0.1) is 10.5 Å². The zero-order valence-corrected chi connectivity index (χ0v) is 11.5. The number of carbonyl (C=O) groups is 1. The molecule has 0 atom stereocenters. The molecule has 1 rings (SSSR count). The Morgan fingerprint density at radius 3 is 2.47 bits per heavy atom. The van der Waals surface area contributed by atoms with E-state index in [1.807, 2.05) is 26.0 Å². The van der Waals surface area contributed by atoms with Gasteiger partial charge in [-0.2, -0.15) is 0 Å². The number of nitro groups is 1. The first-order valence-corrected chi connectivity index (χ1v) is 6.05. The Bertz CT molecular complexity index is 460. The Morgan fingerprint density at radius 2 is 1.95 bits per heavy atom.